The van der Waals surface area contributed by atoms with Crippen molar-refractivity contribution in [3.8, 4) is 0 Å². The normalized spacial score (nSPS) is 30.0. The number of allylic oxidation sites excluding steroid dienone is 1. The minimum absolute atomic E-state index is 0.133. The van der Waals surface area contributed by atoms with E-state index in [0.29, 0.717) is 32.3 Å². The summed E-state index contributed by atoms with van der Waals surface area (Å²) in [7, 11) is 0. The molecule has 2 aliphatic rings. The first-order valence-electron chi connectivity index (χ1n) is 8.80. The van der Waals surface area contributed by atoms with Gasteiger partial charge in [0.15, 0.2) is 30.0 Å². The molecular weight excluding hydrogens is 349 g/mol. The van der Waals surface area contributed by atoms with Crippen LogP contribution >= 0.6 is 0 Å². The van der Waals surface area contributed by atoms with Crippen molar-refractivity contribution < 1.29 is 32.1 Å². The fourth-order valence-electron chi connectivity index (χ4n) is 3.09. The van der Waals surface area contributed by atoms with Gasteiger partial charge in [-0.25, -0.2) is 13.2 Å². The Morgan fingerprint density at radius 2 is 1.54 bits per heavy atom. The predicted octanol–water partition coefficient (Wildman–Crippen LogP) is 4.11. The molecule has 2 fully saturated rings. The highest BCUT2D eigenvalue weighted by atomic mass is 19.2. The van der Waals surface area contributed by atoms with Crippen LogP contribution in [0.5, 0.6) is 0 Å². The molecule has 2 aliphatic heterocycles. The highest BCUT2D eigenvalue weighted by molar-refractivity contribution is 5.20. The molecule has 0 bridgehead atoms. The topological polar surface area (TPSA) is 36.9 Å². The standard InChI is InChI=1S/C19H23F3O4/c1-2-3-12-8-23-17(24-9-12)5-4-13-10-25-19(26-11-13)14-6-15(20)18(22)16(21)7-14/h2-3,6-7,12-13,17,19H,4-5,8-11H2,1H3/b3-2+/t12-,13-,17-,19-. The Hall–Kier alpha value is -1.41. The molecule has 4 nitrogen and oxygen atoms in total. The number of rotatable bonds is 5. The second-order valence-electron chi connectivity index (χ2n) is 6.62. The van der Waals surface area contributed by atoms with Crippen molar-refractivity contribution in [1.29, 1.82) is 0 Å². The van der Waals surface area contributed by atoms with Gasteiger partial charge in [-0.3, -0.25) is 0 Å². The van der Waals surface area contributed by atoms with E-state index in [-0.39, 0.29) is 17.8 Å². The number of hydrogen-bond donors (Lipinski definition) is 0. The Morgan fingerprint density at radius 1 is 0.923 bits per heavy atom. The van der Waals surface area contributed by atoms with Crippen molar-refractivity contribution in [2.24, 2.45) is 11.8 Å². The molecule has 0 radical (unpaired) electrons. The van der Waals surface area contributed by atoms with Gasteiger partial charge >= 0.3 is 0 Å². The van der Waals surface area contributed by atoms with Crippen molar-refractivity contribution in [3.63, 3.8) is 0 Å². The summed E-state index contributed by atoms with van der Waals surface area (Å²) in [6.45, 7) is 4.04. The van der Waals surface area contributed by atoms with Crippen molar-refractivity contribution in [2.45, 2.75) is 32.3 Å². The summed E-state index contributed by atoms with van der Waals surface area (Å²) in [5.41, 5.74) is 0.133. The molecule has 0 amide bonds. The lowest BCUT2D eigenvalue weighted by atomic mass is 10.0. The number of halogens is 3. The van der Waals surface area contributed by atoms with Gasteiger partial charge in [-0.05, 0) is 31.9 Å². The minimum Gasteiger partial charge on any atom is -0.352 e. The van der Waals surface area contributed by atoms with E-state index in [9.17, 15) is 13.2 Å². The summed E-state index contributed by atoms with van der Waals surface area (Å²) < 4.78 is 62.1. The lowest BCUT2D eigenvalue weighted by molar-refractivity contribution is -0.217. The van der Waals surface area contributed by atoms with E-state index < -0.39 is 23.7 Å². The molecule has 144 valence electrons. The SMILES string of the molecule is C/C=C/[C@H]1CO[C@H](CC[C@H]2CO[C@H](c3cc(F)c(F)c(F)c3)OC2)OC1. The van der Waals surface area contributed by atoms with E-state index in [1.54, 1.807) is 0 Å². The van der Waals surface area contributed by atoms with Crippen molar-refractivity contribution in [2.75, 3.05) is 26.4 Å². The molecule has 3 rings (SSSR count). The maximum absolute atomic E-state index is 13.3. The molecule has 26 heavy (non-hydrogen) atoms. The second kappa shape index (κ2) is 8.99. The van der Waals surface area contributed by atoms with Gasteiger partial charge in [0.2, 0.25) is 0 Å². The average molecular weight is 372 g/mol. The quantitative estimate of drug-likeness (QED) is 0.576. The third-order valence-corrected chi connectivity index (χ3v) is 4.51. The van der Waals surface area contributed by atoms with Crippen LogP contribution in [0.3, 0.4) is 0 Å². The smallest absolute Gasteiger partial charge is 0.194 e. The van der Waals surface area contributed by atoms with Crippen LogP contribution in [0.2, 0.25) is 0 Å². The minimum atomic E-state index is -1.49. The lowest BCUT2D eigenvalue weighted by Crippen LogP contribution is -2.33. The van der Waals surface area contributed by atoms with Crippen molar-refractivity contribution in [3.05, 3.63) is 47.3 Å². The zero-order valence-electron chi connectivity index (χ0n) is 14.6. The summed E-state index contributed by atoms with van der Waals surface area (Å²) >= 11 is 0. The van der Waals surface area contributed by atoms with Crippen LogP contribution in [0.25, 0.3) is 0 Å². The Balaban J connectivity index is 1.42. The van der Waals surface area contributed by atoms with E-state index in [4.69, 9.17) is 18.9 Å². The van der Waals surface area contributed by atoms with Crippen LogP contribution in [-0.2, 0) is 18.9 Å². The Bertz CT molecular complexity index is 598. The molecule has 0 aromatic heterocycles. The zero-order chi connectivity index (χ0) is 18.5. The van der Waals surface area contributed by atoms with Gasteiger partial charge in [-0.1, -0.05) is 12.2 Å². The van der Waals surface area contributed by atoms with E-state index >= 15 is 0 Å². The van der Waals surface area contributed by atoms with E-state index in [2.05, 4.69) is 6.08 Å². The van der Waals surface area contributed by atoms with Crippen LogP contribution < -0.4 is 0 Å². The fraction of sp³-hybridized carbons (Fsp3) is 0.579. The van der Waals surface area contributed by atoms with Crippen LogP contribution in [0.1, 0.15) is 31.6 Å². The maximum Gasteiger partial charge on any atom is 0.194 e. The van der Waals surface area contributed by atoms with Crippen molar-refractivity contribution >= 4 is 0 Å². The first-order chi connectivity index (χ1) is 12.6. The lowest BCUT2D eigenvalue weighted by Gasteiger charge is -2.32. The molecule has 2 heterocycles. The van der Waals surface area contributed by atoms with Gasteiger partial charge in [0.05, 0.1) is 26.4 Å². The zero-order valence-corrected chi connectivity index (χ0v) is 14.6. The molecule has 1 aromatic carbocycles. The average Bonchev–Trinajstić information content (AvgIpc) is 2.66. The molecular formula is C19H23F3O4. The van der Waals surface area contributed by atoms with Crippen LogP contribution in [0.15, 0.2) is 24.3 Å². The first kappa shape index (κ1) is 19.4. The first-order valence-corrected chi connectivity index (χ1v) is 8.80. The van der Waals surface area contributed by atoms with Gasteiger partial charge in [-0.15, -0.1) is 0 Å². The number of ether oxygens (including phenoxy) is 4. The van der Waals surface area contributed by atoms with Gasteiger partial charge < -0.3 is 18.9 Å². The molecule has 0 unspecified atom stereocenters. The summed E-state index contributed by atoms with van der Waals surface area (Å²) in [5.74, 6) is -3.56. The van der Waals surface area contributed by atoms with Gasteiger partial charge in [-0.2, -0.15) is 0 Å². The summed E-state index contributed by atoms with van der Waals surface area (Å²) in [6.07, 6.45) is 4.46. The third kappa shape index (κ3) is 4.85. The molecule has 2 saturated heterocycles. The van der Waals surface area contributed by atoms with Gasteiger partial charge in [0.25, 0.3) is 0 Å². The van der Waals surface area contributed by atoms with Crippen LogP contribution in [0, 0.1) is 29.3 Å². The van der Waals surface area contributed by atoms with E-state index in [0.717, 1.165) is 25.0 Å². The number of hydrogen-bond acceptors (Lipinski definition) is 4. The molecule has 0 spiro atoms. The Morgan fingerprint density at radius 3 is 2.12 bits per heavy atom. The molecule has 0 aliphatic carbocycles. The monoisotopic (exact) mass is 372 g/mol. The van der Waals surface area contributed by atoms with Crippen LogP contribution in [0.4, 0.5) is 13.2 Å². The molecule has 7 heteroatoms. The highest BCUT2D eigenvalue weighted by Crippen LogP contribution is 2.29. The van der Waals surface area contributed by atoms with Gasteiger partial charge in [0.1, 0.15) is 0 Å². The molecule has 0 N–H and O–H groups in total. The number of benzene rings is 1. The van der Waals surface area contributed by atoms with Gasteiger partial charge in [0, 0.05) is 17.4 Å². The summed E-state index contributed by atoms with van der Waals surface area (Å²) in [6, 6.07) is 1.79. The summed E-state index contributed by atoms with van der Waals surface area (Å²) in [4.78, 5) is 0. The van der Waals surface area contributed by atoms with E-state index in [1.807, 2.05) is 13.0 Å². The third-order valence-electron chi connectivity index (χ3n) is 4.51. The van der Waals surface area contributed by atoms with Crippen molar-refractivity contribution in [1.82, 2.24) is 0 Å². The molecule has 1 aromatic rings. The molecule has 0 saturated carbocycles. The Kier molecular flexibility index (Phi) is 6.69. The largest absolute Gasteiger partial charge is 0.352 e. The van der Waals surface area contributed by atoms with E-state index in [1.165, 1.54) is 0 Å². The Labute approximate surface area is 150 Å². The summed E-state index contributed by atoms with van der Waals surface area (Å²) in [5, 5.41) is 0. The predicted molar refractivity (Wildman–Crippen MR) is 87.7 cm³/mol. The highest BCUT2D eigenvalue weighted by Gasteiger charge is 2.27. The molecule has 0 atom stereocenters. The van der Waals surface area contributed by atoms with Crippen LogP contribution in [-0.4, -0.2) is 32.7 Å². The fourth-order valence-corrected chi connectivity index (χ4v) is 3.09. The second-order valence-corrected chi connectivity index (χ2v) is 6.62. The maximum atomic E-state index is 13.3.